The summed E-state index contributed by atoms with van der Waals surface area (Å²) in [5.74, 6) is -1.03. The number of rotatable bonds is 6. The van der Waals surface area contributed by atoms with E-state index in [1.807, 2.05) is 0 Å². The van der Waals surface area contributed by atoms with Crippen molar-refractivity contribution >= 4 is 38.6 Å². The van der Waals surface area contributed by atoms with Crippen LogP contribution in [-0.4, -0.2) is 88.8 Å². The molecule has 1 N–H and O–H groups in total. The van der Waals surface area contributed by atoms with Crippen molar-refractivity contribution in [3.63, 3.8) is 0 Å². The van der Waals surface area contributed by atoms with Crippen LogP contribution in [0.4, 0.5) is 18.9 Å². The molecule has 2 aromatic heterocycles. The first-order chi connectivity index (χ1) is 17.3. The van der Waals surface area contributed by atoms with E-state index in [9.17, 15) is 31.2 Å². The second-order valence-electron chi connectivity index (χ2n) is 8.53. The number of anilines is 1. The minimum absolute atomic E-state index is 0.0645. The maximum absolute atomic E-state index is 12.9. The molecule has 1 aliphatic rings. The molecule has 0 saturated carbocycles. The summed E-state index contributed by atoms with van der Waals surface area (Å²) in [6.07, 6.45) is -3.06. The summed E-state index contributed by atoms with van der Waals surface area (Å²) >= 11 is 0. The summed E-state index contributed by atoms with van der Waals surface area (Å²) in [5.41, 5.74) is -0.678. The molecule has 37 heavy (non-hydrogen) atoms. The van der Waals surface area contributed by atoms with Gasteiger partial charge >= 0.3 is 6.18 Å². The maximum Gasteiger partial charge on any atom is 0.433 e. The molecule has 0 atom stereocenters. The Kier molecular flexibility index (Phi) is 7.21. The number of hydrogen-bond acceptors (Lipinski definition) is 6. The summed E-state index contributed by atoms with van der Waals surface area (Å²) in [4.78, 5) is 30.1. The van der Waals surface area contributed by atoms with E-state index in [4.69, 9.17) is 0 Å². The fraction of sp³-hybridized carbons (Fsp3) is 0.364. The first-order valence-electron chi connectivity index (χ1n) is 11.1. The lowest BCUT2D eigenvalue weighted by molar-refractivity contribution is -0.141. The molecule has 1 aliphatic heterocycles. The molecule has 3 aromatic rings. The van der Waals surface area contributed by atoms with Gasteiger partial charge in [-0.3, -0.25) is 14.3 Å². The molecule has 0 spiro atoms. The molecule has 1 saturated heterocycles. The number of pyridine rings is 1. The zero-order valence-corrected chi connectivity index (χ0v) is 20.8. The second kappa shape index (κ2) is 10.1. The van der Waals surface area contributed by atoms with Crippen molar-refractivity contribution in [1.82, 2.24) is 28.3 Å². The van der Waals surface area contributed by atoms with E-state index < -0.39 is 28.0 Å². The molecule has 15 heteroatoms. The SMILES string of the molecule is CN(C)S(=O)(=O)N1CCN(C(=O)Cn2cc3cc(NC(=O)c4cccc(C(F)(F)F)n4)ccc3n2)CC1. The highest BCUT2D eigenvalue weighted by Crippen LogP contribution is 2.27. The summed E-state index contributed by atoms with van der Waals surface area (Å²) in [5, 5.41) is 7.47. The number of fused-ring (bicyclic) bond motifs is 1. The summed E-state index contributed by atoms with van der Waals surface area (Å²) in [7, 11) is -0.632. The molecule has 0 aliphatic carbocycles. The topological polar surface area (TPSA) is 121 Å². The fourth-order valence-electron chi connectivity index (χ4n) is 3.79. The predicted octanol–water partition coefficient (Wildman–Crippen LogP) is 1.65. The van der Waals surface area contributed by atoms with Gasteiger partial charge in [-0.25, -0.2) is 4.98 Å². The minimum atomic E-state index is -4.67. The summed E-state index contributed by atoms with van der Waals surface area (Å²) in [6.45, 7) is 0.831. The van der Waals surface area contributed by atoms with Gasteiger partial charge in [-0.2, -0.15) is 35.3 Å². The molecule has 3 heterocycles. The average Bonchev–Trinajstić information content (AvgIpc) is 3.25. The van der Waals surface area contributed by atoms with E-state index >= 15 is 0 Å². The third-order valence-corrected chi connectivity index (χ3v) is 7.70. The average molecular weight is 540 g/mol. The normalized spacial score (nSPS) is 15.4. The van der Waals surface area contributed by atoms with Gasteiger partial charge < -0.3 is 10.2 Å². The smallest absolute Gasteiger partial charge is 0.338 e. The number of amides is 2. The van der Waals surface area contributed by atoms with Gasteiger partial charge in [-0.15, -0.1) is 0 Å². The van der Waals surface area contributed by atoms with Gasteiger partial charge in [-0.05, 0) is 30.3 Å². The van der Waals surface area contributed by atoms with Crippen LogP contribution >= 0.6 is 0 Å². The first kappa shape index (κ1) is 26.5. The number of nitrogens with zero attached hydrogens (tertiary/aromatic N) is 6. The quantitative estimate of drug-likeness (QED) is 0.509. The van der Waals surface area contributed by atoms with E-state index in [0.29, 0.717) is 16.6 Å². The molecule has 1 fully saturated rings. The predicted molar refractivity (Wildman–Crippen MR) is 128 cm³/mol. The minimum Gasteiger partial charge on any atom is -0.338 e. The van der Waals surface area contributed by atoms with Crippen molar-refractivity contribution in [3.8, 4) is 0 Å². The number of carbonyl (C=O) groups is 2. The first-order valence-corrected chi connectivity index (χ1v) is 12.5. The molecule has 0 radical (unpaired) electrons. The van der Waals surface area contributed by atoms with Crippen molar-refractivity contribution in [2.75, 3.05) is 45.6 Å². The lowest BCUT2D eigenvalue weighted by Crippen LogP contribution is -2.53. The third-order valence-electron chi connectivity index (χ3n) is 5.76. The number of nitrogens with one attached hydrogen (secondary N) is 1. The van der Waals surface area contributed by atoms with Crippen LogP contribution in [0.2, 0.25) is 0 Å². The molecule has 1 aromatic carbocycles. The number of hydrogen-bond donors (Lipinski definition) is 1. The summed E-state index contributed by atoms with van der Waals surface area (Å²) in [6, 6.07) is 7.80. The Morgan fingerprint density at radius 1 is 1.08 bits per heavy atom. The lowest BCUT2D eigenvalue weighted by atomic mass is 10.2. The molecule has 2 amide bonds. The molecule has 4 rings (SSSR count). The van der Waals surface area contributed by atoms with Gasteiger partial charge in [0.25, 0.3) is 16.1 Å². The van der Waals surface area contributed by atoms with Crippen LogP contribution in [0.25, 0.3) is 10.9 Å². The van der Waals surface area contributed by atoms with Crippen molar-refractivity contribution in [2.45, 2.75) is 12.7 Å². The number of piperazine rings is 1. The molecular formula is C22H24F3N7O4S. The van der Waals surface area contributed by atoms with E-state index in [0.717, 1.165) is 16.4 Å². The Hall–Kier alpha value is -3.56. The standard InChI is InChI=1S/C22H24F3N7O4S/c1-29(2)37(35,36)32-10-8-30(9-11-32)20(33)14-31-13-15-12-16(6-7-17(15)28-31)26-21(34)18-4-3-5-19(27-18)22(23,24)25/h3-7,12-13H,8-11,14H2,1-2H3,(H,26,34). The molecule has 0 unspecified atom stereocenters. The van der Waals surface area contributed by atoms with Crippen LogP contribution in [0.5, 0.6) is 0 Å². The Labute approximate surface area is 210 Å². The maximum atomic E-state index is 12.9. The van der Waals surface area contributed by atoms with E-state index in [-0.39, 0.29) is 44.3 Å². The highest BCUT2D eigenvalue weighted by molar-refractivity contribution is 7.86. The summed E-state index contributed by atoms with van der Waals surface area (Å²) < 4.78 is 67.0. The zero-order chi connectivity index (χ0) is 27.0. The Bertz CT molecular complexity index is 1430. The van der Waals surface area contributed by atoms with Crippen LogP contribution in [-0.2, 0) is 27.7 Å². The zero-order valence-electron chi connectivity index (χ0n) is 19.9. The molecular weight excluding hydrogens is 515 g/mol. The van der Waals surface area contributed by atoms with Gasteiger partial charge in [0.2, 0.25) is 5.91 Å². The molecule has 0 bridgehead atoms. The van der Waals surface area contributed by atoms with Crippen LogP contribution in [0.1, 0.15) is 16.2 Å². The van der Waals surface area contributed by atoms with Crippen molar-refractivity contribution in [3.05, 3.63) is 54.0 Å². The van der Waals surface area contributed by atoms with Gasteiger partial charge in [0.15, 0.2) is 0 Å². The highest BCUT2D eigenvalue weighted by Gasteiger charge is 2.33. The lowest BCUT2D eigenvalue weighted by Gasteiger charge is -2.35. The number of carbonyl (C=O) groups excluding carboxylic acids is 2. The van der Waals surface area contributed by atoms with Gasteiger partial charge in [0, 0.05) is 57.5 Å². The Morgan fingerprint density at radius 2 is 1.78 bits per heavy atom. The van der Waals surface area contributed by atoms with Gasteiger partial charge in [0.1, 0.15) is 17.9 Å². The van der Waals surface area contributed by atoms with Crippen molar-refractivity contribution < 1.29 is 31.2 Å². The van der Waals surface area contributed by atoms with Crippen LogP contribution < -0.4 is 5.32 Å². The van der Waals surface area contributed by atoms with E-state index in [1.54, 1.807) is 23.2 Å². The Balaban J connectivity index is 1.40. The Morgan fingerprint density at radius 3 is 2.43 bits per heavy atom. The third kappa shape index (κ3) is 5.89. The van der Waals surface area contributed by atoms with Crippen LogP contribution in [0.3, 0.4) is 0 Å². The highest BCUT2D eigenvalue weighted by atomic mass is 32.2. The van der Waals surface area contributed by atoms with E-state index in [2.05, 4.69) is 15.4 Å². The van der Waals surface area contributed by atoms with Crippen molar-refractivity contribution in [1.29, 1.82) is 0 Å². The van der Waals surface area contributed by atoms with Gasteiger partial charge in [-0.1, -0.05) is 6.07 Å². The number of benzene rings is 1. The second-order valence-corrected chi connectivity index (χ2v) is 10.7. The molecule has 198 valence electrons. The van der Waals surface area contributed by atoms with E-state index in [1.165, 1.54) is 35.2 Å². The van der Waals surface area contributed by atoms with Gasteiger partial charge in [0.05, 0.1) is 5.52 Å². The molecule has 11 nitrogen and oxygen atoms in total. The van der Waals surface area contributed by atoms with Crippen LogP contribution in [0, 0.1) is 0 Å². The number of alkyl halides is 3. The monoisotopic (exact) mass is 539 g/mol. The fourth-order valence-corrected chi connectivity index (χ4v) is 4.87. The van der Waals surface area contributed by atoms with Crippen molar-refractivity contribution in [2.24, 2.45) is 0 Å². The number of aromatic nitrogens is 3. The number of halogens is 3. The largest absolute Gasteiger partial charge is 0.433 e. The van der Waals surface area contributed by atoms with Crippen LogP contribution in [0.15, 0.2) is 42.6 Å².